The first-order valence-electron chi connectivity index (χ1n) is 10.2. The van der Waals surface area contributed by atoms with E-state index in [0.717, 1.165) is 4.47 Å². The third-order valence-corrected chi connectivity index (χ3v) is 5.06. The average Bonchev–Trinajstić information content (AvgIpc) is 2.85. The monoisotopic (exact) mass is 541 g/mol. The van der Waals surface area contributed by atoms with Crippen molar-refractivity contribution in [3.63, 3.8) is 0 Å². The van der Waals surface area contributed by atoms with Crippen LogP contribution in [0.15, 0.2) is 76.3 Å². The maximum atomic E-state index is 12.4. The van der Waals surface area contributed by atoms with Gasteiger partial charge < -0.3 is 14.2 Å². The Morgan fingerprint density at radius 2 is 1.83 bits per heavy atom. The summed E-state index contributed by atoms with van der Waals surface area (Å²) in [6.07, 6.45) is 0.488. The smallest absolute Gasteiger partial charge is 0.343 e. The van der Waals surface area contributed by atoms with Crippen molar-refractivity contribution in [1.29, 1.82) is 0 Å². The van der Waals surface area contributed by atoms with Crippen molar-refractivity contribution >= 4 is 39.7 Å². The number of carbonyl (C=O) groups is 2. The predicted molar refractivity (Wildman–Crippen MR) is 131 cm³/mol. The zero-order chi connectivity index (χ0) is 25.4. The maximum Gasteiger partial charge on any atom is 0.343 e. The number of nitro groups is 1. The van der Waals surface area contributed by atoms with Crippen LogP contribution in [0, 0.1) is 10.1 Å². The molecule has 35 heavy (non-hydrogen) atoms. The van der Waals surface area contributed by atoms with E-state index < -0.39 is 22.9 Å². The van der Waals surface area contributed by atoms with E-state index in [1.54, 1.807) is 42.5 Å². The topological polar surface area (TPSA) is 129 Å². The molecule has 1 atom stereocenters. The summed E-state index contributed by atoms with van der Waals surface area (Å²) < 4.78 is 17.0. The quantitative estimate of drug-likeness (QED) is 0.139. The molecule has 0 aliphatic heterocycles. The molecule has 0 aliphatic carbocycles. The van der Waals surface area contributed by atoms with Crippen molar-refractivity contribution in [2.45, 2.75) is 13.0 Å². The zero-order valence-electron chi connectivity index (χ0n) is 18.6. The molecule has 180 valence electrons. The largest absolute Gasteiger partial charge is 0.493 e. The number of hydrogen-bond donors (Lipinski definition) is 1. The Labute approximate surface area is 208 Å². The Hall–Kier alpha value is -4.25. The van der Waals surface area contributed by atoms with Crippen LogP contribution in [0.1, 0.15) is 22.8 Å². The molecule has 0 saturated carbocycles. The van der Waals surface area contributed by atoms with Crippen molar-refractivity contribution in [2.75, 3.05) is 7.11 Å². The van der Waals surface area contributed by atoms with Gasteiger partial charge in [-0.25, -0.2) is 10.2 Å². The molecular formula is C24H20BrN3O7. The molecule has 0 aromatic heterocycles. The van der Waals surface area contributed by atoms with Crippen LogP contribution >= 0.6 is 15.9 Å². The van der Waals surface area contributed by atoms with Gasteiger partial charge in [-0.05, 0) is 61.0 Å². The second-order valence-electron chi connectivity index (χ2n) is 7.06. The van der Waals surface area contributed by atoms with Crippen molar-refractivity contribution < 1.29 is 28.7 Å². The lowest BCUT2D eigenvalue weighted by Crippen LogP contribution is -2.33. The van der Waals surface area contributed by atoms with Crippen LogP contribution in [0.25, 0.3) is 0 Å². The molecule has 1 amide bonds. The summed E-state index contributed by atoms with van der Waals surface area (Å²) in [5, 5.41) is 14.6. The standard InChI is InChI=1S/C24H20BrN3O7/c1-15(34-20-9-7-19(8-10-20)28(31)32)23(29)27-26-14-16-6-11-21(22(12-16)33-2)35-24(30)17-4-3-5-18(25)13-17/h3-15H,1-2H3,(H,27,29)/b26-14+. The van der Waals surface area contributed by atoms with Gasteiger partial charge in [0.15, 0.2) is 17.6 Å². The average molecular weight is 542 g/mol. The number of amides is 1. The lowest BCUT2D eigenvalue weighted by Gasteiger charge is -2.12. The minimum atomic E-state index is -0.900. The fraction of sp³-hybridized carbons (Fsp3) is 0.125. The first-order chi connectivity index (χ1) is 16.8. The van der Waals surface area contributed by atoms with Gasteiger partial charge in [-0.15, -0.1) is 0 Å². The molecular weight excluding hydrogens is 522 g/mol. The molecule has 11 heteroatoms. The first-order valence-corrected chi connectivity index (χ1v) is 11.0. The Morgan fingerprint density at radius 1 is 1.09 bits per heavy atom. The summed E-state index contributed by atoms with van der Waals surface area (Å²) in [5.74, 6) is -0.228. The summed E-state index contributed by atoms with van der Waals surface area (Å²) >= 11 is 3.31. The van der Waals surface area contributed by atoms with Crippen molar-refractivity contribution in [3.05, 3.63) is 92.4 Å². The van der Waals surface area contributed by atoms with Crippen LogP contribution in [0.5, 0.6) is 17.2 Å². The molecule has 1 N–H and O–H groups in total. The van der Waals surface area contributed by atoms with Crippen LogP contribution in [-0.4, -0.2) is 36.2 Å². The van der Waals surface area contributed by atoms with Gasteiger partial charge in [0.05, 0.1) is 23.8 Å². The highest BCUT2D eigenvalue weighted by atomic mass is 79.9. The van der Waals surface area contributed by atoms with Gasteiger partial charge in [-0.1, -0.05) is 22.0 Å². The summed E-state index contributed by atoms with van der Waals surface area (Å²) in [5.41, 5.74) is 3.23. The number of hydrogen-bond acceptors (Lipinski definition) is 8. The molecule has 0 saturated heterocycles. The number of nitrogens with zero attached hydrogens (tertiary/aromatic N) is 2. The minimum absolute atomic E-state index is 0.0802. The van der Waals surface area contributed by atoms with Gasteiger partial charge in [0, 0.05) is 16.6 Å². The number of carbonyl (C=O) groups excluding carboxylic acids is 2. The number of hydrazone groups is 1. The number of rotatable bonds is 9. The summed E-state index contributed by atoms with van der Waals surface area (Å²) in [4.78, 5) is 34.8. The third kappa shape index (κ3) is 7.11. The lowest BCUT2D eigenvalue weighted by molar-refractivity contribution is -0.384. The highest BCUT2D eigenvalue weighted by molar-refractivity contribution is 9.10. The molecule has 1 unspecified atom stereocenters. The highest BCUT2D eigenvalue weighted by Gasteiger charge is 2.15. The maximum absolute atomic E-state index is 12.4. The van der Waals surface area contributed by atoms with Gasteiger partial charge in [-0.2, -0.15) is 5.10 Å². The van der Waals surface area contributed by atoms with Crippen molar-refractivity contribution in [1.82, 2.24) is 5.43 Å². The predicted octanol–water partition coefficient (Wildman–Crippen LogP) is 4.50. The van der Waals surface area contributed by atoms with Gasteiger partial charge in [0.2, 0.25) is 0 Å². The third-order valence-electron chi connectivity index (χ3n) is 4.57. The second kappa shape index (κ2) is 11.7. The number of nitro benzene ring substituents is 1. The van der Waals surface area contributed by atoms with Gasteiger partial charge in [-0.3, -0.25) is 14.9 Å². The molecule has 0 fully saturated rings. The Kier molecular flexibility index (Phi) is 8.52. The minimum Gasteiger partial charge on any atom is -0.493 e. The number of halogens is 1. The van der Waals surface area contributed by atoms with Crippen molar-refractivity contribution in [2.24, 2.45) is 5.10 Å². The van der Waals surface area contributed by atoms with E-state index in [1.165, 1.54) is 44.5 Å². The van der Waals surface area contributed by atoms with E-state index in [1.807, 2.05) is 0 Å². The number of nitrogens with one attached hydrogen (secondary N) is 1. The molecule has 0 aliphatic rings. The fourth-order valence-corrected chi connectivity index (χ4v) is 3.19. The summed E-state index contributed by atoms with van der Waals surface area (Å²) in [6.45, 7) is 1.52. The molecule has 0 heterocycles. The lowest BCUT2D eigenvalue weighted by atomic mass is 10.2. The SMILES string of the molecule is COc1cc(/C=N/NC(=O)C(C)Oc2ccc([N+](=O)[O-])cc2)ccc1OC(=O)c1cccc(Br)c1. The van der Waals surface area contributed by atoms with Crippen LogP contribution < -0.4 is 19.6 Å². The van der Waals surface area contributed by atoms with Crippen LogP contribution in [-0.2, 0) is 4.79 Å². The number of benzene rings is 3. The summed E-state index contributed by atoms with van der Waals surface area (Å²) in [6, 6.07) is 17.0. The summed E-state index contributed by atoms with van der Waals surface area (Å²) in [7, 11) is 1.44. The molecule has 0 spiro atoms. The van der Waals surface area contributed by atoms with E-state index in [-0.39, 0.29) is 11.4 Å². The van der Waals surface area contributed by atoms with Crippen LogP contribution in [0.2, 0.25) is 0 Å². The van der Waals surface area contributed by atoms with Crippen molar-refractivity contribution in [3.8, 4) is 17.2 Å². The second-order valence-corrected chi connectivity index (χ2v) is 7.97. The number of methoxy groups -OCH3 is 1. The normalized spacial score (nSPS) is 11.5. The van der Waals surface area contributed by atoms with Crippen LogP contribution in [0.3, 0.4) is 0 Å². The molecule has 0 radical (unpaired) electrons. The molecule has 10 nitrogen and oxygen atoms in total. The van der Waals surface area contributed by atoms with E-state index in [9.17, 15) is 19.7 Å². The van der Waals surface area contributed by atoms with E-state index in [4.69, 9.17) is 14.2 Å². The van der Waals surface area contributed by atoms with E-state index in [2.05, 4.69) is 26.5 Å². The fourth-order valence-electron chi connectivity index (χ4n) is 2.79. The van der Waals surface area contributed by atoms with Gasteiger partial charge in [0.25, 0.3) is 11.6 Å². The Bertz CT molecular complexity index is 1260. The van der Waals surface area contributed by atoms with Crippen LogP contribution in [0.4, 0.5) is 5.69 Å². The molecule has 3 rings (SSSR count). The first kappa shape index (κ1) is 25.4. The number of non-ortho nitro benzene ring substituents is 1. The molecule has 3 aromatic carbocycles. The number of ether oxygens (including phenoxy) is 3. The van der Waals surface area contributed by atoms with E-state index in [0.29, 0.717) is 22.6 Å². The highest BCUT2D eigenvalue weighted by Crippen LogP contribution is 2.28. The van der Waals surface area contributed by atoms with Gasteiger partial charge >= 0.3 is 5.97 Å². The Balaban J connectivity index is 1.58. The van der Waals surface area contributed by atoms with E-state index >= 15 is 0 Å². The number of esters is 1. The molecule has 3 aromatic rings. The zero-order valence-corrected chi connectivity index (χ0v) is 20.2. The Morgan fingerprint density at radius 3 is 2.49 bits per heavy atom. The molecule has 0 bridgehead atoms. The van der Waals surface area contributed by atoms with Gasteiger partial charge in [0.1, 0.15) is 5.75 Å².